The van der Waals surface area contributed by atoms with Gasteiger partial charge < -0.3 is 5.32 Å². The molecule has 0 aromatic carbocycles. The average molecular weight is 473 g/mol. The zero-order chi connectivity index (χ0) is 23.2. The van der Waals surface area contributed by atoms with Crippen molar-refractivity contribution in [2.75, 3.05) is 12.3 Å². The highest BCUT2D eigenvalue weighted by Gasteiger charge is 2.94. The molecule has 0 radical (unpaired) electrons. The van der Waals surface area contributed by atoms with E-state index in [0.717, 1.165) is 5.32 Å². The summed E-state index contributed by atoms with van der Waals surface area (Å²) in [6.45, 7) is -1.06. The van der Waals surface area contributed by atoms with Crippen LogP contribution in [0.15, 0.2) is 0 Å². The van der Waals surface area contributed by atoms with Crippen LogP contribution in [-0.4, -0.2) is 59.9 Å². The molecular weight excluding hydrogens is 467 g/mol. The summed E-state index contributed by atoms with van der Waals surface area (Å²) in [7, 11) is 0. The van der Waals surface area contributed by atoms with E-state index in [0.29, 0.717) is 0 Å². The summed E-state index contributed by atoms with van der Waals surface area (Å²) in [5.74, 6) is -51.9. The molecule has 168 valence electrons. The van der Waals surface area contributed by atoms with Crippen molar-refractivity contribution in [1.82, 2.24) is 5.32 Å². The summed E-state index contributed by atoms with van der Waals surface area (Å²) in [5, 5.41) is 0.756. The zero-order valence-electron chi connectivity index (χ0n) is 12.4. The molecule has 0 fully saturated rings. The molecule has 0 atom stereocenters. The van der Waals surface area contributed by atoms with Crippen molar-refractivity contribution in [2.24, 2.45) is 0 Å². The first-order chi connectivity index (χ1) is 12.0. The van der Waals surface area contributed by atoms with Crippen LogP contribution in [0, 0.1) is 0 Å². The van der Waals surface area contributed by atoms with Gasteiger partial charge in [-0.25, -0.2) is 0 Å². The van der Waals surface area contributed by atoms with Gasteiger partial charge in [-0.3, -0.25) is 4.79 Å². The van der Waals surface area contributed by atoms with Gasteiger partial charge in [0.25, 0.3) is 5.91 Å². The Hall–Kier alpha value is -1.23. The quantitative estimate of drug-likeness (QED) is 0.397. The van der Waals surface area contributed by atoms with Gasteiger partial charge in [0.1, 0.15) is 0 Å². The molecule has 0 unspecified atom stereocenters. The van der Waals surface area contributed by atoms with E-state index in [2.05, 4.69) is 12.6 Å². The number of hydrogen-bond acceptors (Lipinski definition) is 2. The molecule has 0 saturated heterocycles. The zero-order valence-corrected chi connectivity index (χ0v) is 13.3. The number of alkyl halides is 15. The van der Waals surface area contributed by atoms with Gasteiger partial charge in [0.15, 0.2) is 0 Å². The second kappa shape index (κ2) is 7.23. The second-order valence-electron chi connectivity index (χ2n) is 4.92. The van der Waals surface area contributed by atoms with E-state index in [1.54, 1.807) is 0 Å². The maximum Gasteiger partial charge on any atom is 0.460 e. The Kier molecular flexibility index (Phi) is 6.91. The normalized spacial score (nSPS) is 15.6. The van der Waals surface area contributed by atoms with Gasteiger partial charge in [0.05, 0.1) is 0 Å². The number of nitrogens with one attached hydrogen (secondary N) is 1. The molecule has 0 bridgehead atoms. The van der Waals surface area contributed by atoms with Crippen LogP contribution < -0.4 is 5.32 Å². The lowest BCUT2D eigenvalue weighted by Gasteiger charge is -2.41. The lowest BCUT2D eigenvalue weighted by molar-refractivity contribution is -0.449. The van der Waals surface area contributed by atoms with Gasteiger partial charge in [-0.1, -0.05) is 0 Å². The lowest BCUT2D eigenvalue weighted by Crippen LogP contribution is -2.74. The molecule has 1 amide bonds. The number of hydrogen-bond donors (Lipinski definition) is 2. The first-order valence-corrected chi connectivity index (χ1v) is 6.84. The minimum Gasteiger partial charge on any atom is -0.350 e. The van der Waals surface area contributed by atoms with Crippen LogP contribution in [0.2, 0.25) is 0 Å². The van der Waals surface area contributed by atoms with Crippen LogP contribution in [0.4, 0.5) is 65.9 Å². The minimum atomic E-state index is -8.41. The van der Waals surface area contributed by atoms with Crippen LogP contribution in [0.5, 0.6) is 0 Å². The third-order valence-electron chi connectivity index (χ3n) is 3.01. The van der Waals surface area contributed by atoms with E-state index in [-0.39, 0.29) is 0 Å². The lowest BCUT2D eigenvalue weighted by atomic mass is 9.91. The predicted octanol–water partition coefficient (Wildman–Crippen LogP) is 4.41. The van der Waals surface area contributed by atoms with Crippen molar-refractivity contribution in [3.05, 3.63) is 0 Å². The molecule has 0 heterocycles. The molecular formula is C10H6F15NOS. The van der Waals surface area contributed by atoms with Gasteiger partial charge in [-0.15, -0.1) is 0 Å². The summed E-state index contributed by atoms with van der Waals surface area (Å²) >= 11 is 3.26. The van der Waals surface area contributed by atoms with Crippen molar-refractivity contribution < 1.29 is 70.7 Å². The maximum atomic E-state index is 13.2. The molecule has 0 rings (SSSR count). The largest absolute Gasteiger partial charge is 0.460 e. The fourth-order valence-corrected chi connectivity index (χ4v) is 1.50. The Morgan fingerprint density at radius 3 is 1.25 bits per heavy atom. The fourth-order valence-electron chi connectivity index (χ4n) is 1.39. The monoisotopic (exact) mass is 473 g/mol. The fraction of sp³-hybridized carbons (Fsp3) is 0.900. The Balaban J connectivity index is 6.43. The number of carbonyl (C=O) groups excluding carboxylic acids is 1. The first-order valence-electron chi connectivity index (χ1n) is 6.21. The predicted molar refractivity (Wildman–Crippen MR) is 62.6 cm³/mol. The number of rotatable bonds is 8. The number of thiol groups is 1. The molecule has 0 aliphatic carbocycles. The third kappa shape index (κ3) is 3.55. The van der Waals surface area contributed by atoms with Gasteiger partial charge in [0, 0.05) is 12.3 Å². The van der Waals surface area contributed by atoms with E-state index < -0.39 is 59.9 Å². The molecule has 0 saturated carbocycles. The van der Waals surface area contributed by atoms with Crippen LogP contribution in [0.3, 0.4) is 0 Å². The topological polar surface area (TPSA) is 29.1 Å². The van der Waals surface area contributed by atoms with Gasteiger partial charge in [-0.05, 0) is 0 Å². The van der Waals surface area contributed by atoms with Crippen LogP contribution in [0.25, 0.3) is 0 Å². The molecule has 0 aliphatic rings. The summed E-state index contributed by atoms with van der Waals surface area (Å²) in [6, 6.07) is 0. The number of carbonyl (C=O) groups is 1. The highest BCUT2D eigenvalue weighted by molar-refractivity contribution is 7.80. The summed E-state index contributed by atoms with van der Waals surface area (Å²) in [6.07, 6.45) is -7.67. The van der Waals surface area contributed by atoms with Crippen molar-refractivity contribution in [1.29, 1.82) is 0 Å². The average Bonchev–Trinajstić information content (AvgIpc) is 2.50. The summed E-state index contributed by atoms with van der Waals surface area (Å²) in [4.78, 5) is 10.8. The Morgan fingerprint density at radius 2 is 0.929 bits per heavy atom. The molecule has 0 aromatic heterocycles. The Bertz CT molecular complexity index is 584. The molecule has 0 aromatic rings. The van der Waals surface area contributed by atoms with Crippen LogP contribution in [0.1, 0.15) is 0 Å². The van der Waals surface area contributed by atoms with E-state index in [1.165, 1.54) is 0 Å². The van der Waals surface area contributed by atoms with E-state index >= 15 is 0 Å². The van der Waals surface area contributed by atoms with Crippen LogP contribution in [-0.2, 0) is 4.79 Å². The van der Waals surface area contributed by atoms with E-state index in [9.17, 15) is 70.7 Å². The molecule has 2 nitrogen and oxygen atoms in total. The standard InChI is InChI=1S/C10H6F15NOS/c11-4(12,3(27)26-1-2-28)5(13,14)6(15,16)7(17,18)8(19,20)9(21,22)10(23,24)25/h28H,1-2H2,(H,26,27). The second-order valence-corrected chi connectivity index (χ2v) is 5.37. The van der Waals surface area contributed by atoms with Gasteiger partial charge in [0.2, 0.25) is 0 Å². The number of amides is 1. The van der Waals surface area contributed by atoms with Crippen LogP contribution >= 0.6 is 12.6 Å². The van der Waals surface area contributed by atoms with Crippen molar-refractivity contribution >= 4 is 18.5 Å². The minimum absolute atomic E-state index is 0.601. The van der Waals surface area contributed by atoms with Crippen molar-refractivity contribution in [3.63, 3.8) is 0 Å². The van der Waals surface area contributed by atoms with Gasteiger partial charge >= 0.3 is 41.7 Å². The van der Waals surface area contributed by atoms with Crippen molar-refractivity contribution in [2.45, 2.75) is 41.7 Å². The smallest absolute Gasteiger partial charge is 0.350 e. The summed E-state index contributed by atoms with van der Waals surface area (Å²) in [5.41, 5.74) is 0. The van der Waals surface area contributed by atoms with E-state index in [4.69, 9.17) is 0 Å². The maximum absolute atomic E-state index is 13.2. The van der Waals surface area contributed by atoms with Crippen molar-refractivity contribution in [3.8, 4) is 0 Å². The Labute approximate surface area is 149 Å². The Morgan fingerprint density at radius 1 is 0.607 bits per heavy atom. The molecule has 28 heavy (non-hydrogen) atoms. The molecule has 1 N–H and O–H groups in total. The third-order valence-corrected chi connectivity index (χ3v) is 3.23. The first kappa shape index (κ1) is 26.8. The SMILES string of the molecule is O=C(NCCS)C(F)(F)C(F)(F)C(F)(F)C(F)(F)C(F)(F)C(F)(F)C(F)(F)F. The van der Waals surface area contributed by atoms with Gasteiger partial charge in [-0.2, -0.15) is 78.5 Å². The van der Waals surface area contributed by atoms with E-state index in [1.807, 2.05) is 0 Å². The molecule has 0 aliphatic heterocycles. The highest BCUT2D eigenvalue weighted by atomic mass is 32.1. The summed E-state index contributed by atoms with van der Waals surface area (Å²) < 4.78 is 192. The molecule has 18 heteroatoms. The molecule has 0 spiro atoms. The number of halogens is 15. The highest BCUT2D eigenvalue weighted by Crippen LogP contribution is 2.62.